The highest BCUT2D eigenvalue weighted by molar-refractivity contribution is 5.84. The van der Waals surface area contributed by atoms with Crippen LogP contribution in [0.3, 0.4) is 0 Å². The molecule has 24 heavy (non-hydrogen) atoms. The summed E-state index contributed by atoms with van der Waals surface area (Å²) in [6.45, 7) is 2.24. The van der Waals surface area contributed by atoms with Gasteiger partial charge in [-0.3, -0.25) is 9.48 Å². The SMILES string of the molecule is Cc1nn(CC(=O)N[C@H]2CCCc3ccccc32)c2ccccc12. The molecule has 0 bridgehead atoms. The third-order valence-electron chi connectivity index (χ3n) is 4.84. The fourth-order valence-corrected chi connectivity index (χ4v) is 3.69. The molecule has 0 saturated heterocycles. The average molecular weight is 319 g/mol. The van der Waals surface area contributed by atoms with E-state index in [-0.39, 0.29) is 18.5 Å². The van der Waals surface area contributed by atoms with Crippen molar-refractivity contribution in [2.45, 2.75) is 38.8 Å². The first-order valence-electron chi connectivity index (χ1n) is 8.51. The summed E-state index contributed by atoms with van der Waals surface area (Å²) < 4.78 is 1.80. The number of hydrogen-bond acceptors (Lipinski definition) is 2. The van der Waals surface area contributed by atoms with Crippen molar-refractivity contribution in [2.24, 2.45) is 0 Å². The van der Waals surface area contributed by atoms with E-state index in [1.807, 2.05) is 37.3 Å². The molecule has 4 nitrogen and oxygen atoms in total. The number of para-hydroxylation sites is 1. The maximum absolute atomic E-state index is 12.6. The highest BCUT2D eigenvalue weighted by atomic mass is 16.2. The third-order valence-corrected chi connectivity index (χ3v) is 4.84. The Morgan fingerprint density at radius 1 is 1.21 bits per heavy atom. The minimum absolute atomic E-state index is 0.0185. The van der Waals surface area contributed by atoms with Crippen molar-refractivity contribution in [3.63, 3.8) is 0 Å². The molecule has 0 fully saturated rings. The van der Waals surface area contributed by atoms with Gasteiger partial charge in [-0.15, -0.1) is 0 Å². The largest absolute Gasteiger partial charge is 0.348 e. The van der Waals surface area contributed by atoms with Gasteiger partial charge in [0.25, 0.3) is 0 Å². The average Bonchev–Trinajstić information content (AvgIpc) is 2.91. The van der Waals surface area contributed by atoms with E-state index in [0.29, 0.717) is 0 Å². The van der Waals surface area contributed by atoms with Gasteiger partial charge in [-0.05, 0) is 43.4 Å². The number of nitrogens with zero attached hydrogens (tertiary/aromatic N) is 2. The number of aryl methyl sites for hydroxylation is 2. The van der Waals surface area contributed by atoms with Crippen LogP contribution >= 0.6 is 0 Å². The highest BCUT2D eigenvalue weighted by Crippen LogP contribution is 2.29. The first-order valence-corrected chi connectivity index (χ1v) is 8.51. The summed E-state index contributed by atoms with van der Waals surface area (Å²) in [4.78, 5) is 12.6. The maximum atomic E-state index is 12.6. The van der Waals surface area contributed by atoms with Crippen LogP contribution in [0, 0.1) is 6.92 Å². The predicted molar refractivity (Wildman–Crippen MR) is 94.7 cm³/mol. The topological polar surface area (TPSA) is 46.9 Å². The Labute approximate surface area is 141 Å². The second-order valence-corrected chi connectivity index (χ2v) is 6.47. The summed E-state index contributed by atoms with van der Waals surface area (Å²) in [5.74, 6) is 0.0185. The molecule has 1 N–H and O–H groups in total. The lowest BCUT2D eigenvalue weighted by atomic mass is 9.88. The number of carbonyl (C=O) groups is 1. The molecule has 4 heteroatoms. The molecular weight excluding hydrogens is 298 g/mol. The van der Waals surface area contributed by atoms with E-state index >= 15 is 0 Å². The monoisotopic (exact) mass is 319 g/mol. The Morgan fingerprint density at radius 3 is 2.92 bits per heavy atom. The summed E-state index contributed by atoms with van der Waals surface area (Å²) in [5, 5.41) is 8.83. The Balaban J connectivity index is 1.53. The Morgan fingerprint density at radius 2 is 2.00 bits per heavy atom. The van der Waals surface area contributed by atoms with Crippen molar-refractivity contribution in [3.05, 3.63) is 65.4 Å². The fraction of sp³-hybridized carbons (Fsp3) is 0.300. The van der Waals surface area contributed by atoms with Crippen LogP contribution < -0.4 is 5.32 Å². The van der Waals surface area contributed by atoms with E-state index in [4.69, 9.17) is 0 Å². The van der Waals surface area contributed by atoms with Crippen molar-refractivity contribution in [3.8, 4) is 0 Å². The molecule has 1 amide bonds. The minimum Gasteiger partial charge on any atom is -0.348 e. The Bertz CT molecular complexity index is 897. The number of benzene rings is 2. The zero-order chi connectivity index (χ0) is 16.5. The molecular formula is C20H21N3O. The van der Waals surface area contributed by atoms with E-state index in [1.165, 1.54) is 11.1 Å². The van der Waals surface area contributed by atoms with Gasteiger partial charge < -0.3 is 5.32 Å². The number of amides is 1. The van der Waals surface area contributed by atoms with E-state index in [9.17, 15) is 4.79 Å². The lowest BCUT2D eigenvalue weighted by Gasteiger charge is -2.26. The lowest BCUT2D eigenvalue weighted by molar-refractivity contribution is -0.122. The number of aromatic nitrogens is 2. The minimum atomic E-state index is 0.0185. The molecule has 1 heterocycles. The summed E-state index contributed by atoms with van der Waals surface area (Å²) in [6.07, 6.45) is 3.22. The van der Waals surface area contributed by atoms with Crippen LogP contribution in [0.15, 0.2) is 48.5 Å². The zero-order valence-electron chi connectivity index (χ0n) is 13.8. The first kappa shape index (κ1) is 14.9. The lowest BCUT2D eigenvalue weighted by Crippen LogP contribution is -2.33. The third kappa shape index (κ3) is 2.68. The number of hydrogen-bond donors (Lipinski definition) is 1. The number of carbonyl (C=O) groups excluding carboxylic acids is 1. The van der Waals surface area contributed by atoms with E-state index in [0.717, 1.165) is 35.9 Å². The molecule has 0 saturated carbocycles. The molecule has 122 valence electrons. The fourth-order valence-electron chi connectivity index (χ4n) is 3.69. The van der Waals surface area contributed by atoms with Crippen molar-refractivity contribution in [1.29, 1.82) is 0 Å². The van der Waals surface area contributed by atoms with Crippen molar-refractivity contribution < 1.29 is 4.79 Å². The van der Waals surface area contributed by atoms with Crippen LogP contribution in [0.25, 0.3) is 10.9 Å². The van der Waals surface area contributed by atoms with Crippen LogP contribution in [0.2, 0.25) is 0 Å². The summed E-state index contributed by atoms with van der Waals surface area (Å²) in [7, 11) is 0. The molecule has 3 aromatic rings. The van der Waals surface area contributed by atoms with Crippen LogP contribution in [0.1, 0.15) is 35.7 Å². The second-order valence-electron chi connectivity index (χ2n) is 6.47. The standard InChI is InChI=1S/C20H21N3O/c1-14-16-9-4-5-12-19(16)23(22-14)13-20(24)21-18-11-6-8-15-7-2-3-10-17(15)18/h2-5,7,9-10,12,18H,6,8,11,13H2,1H3,(H,21,24)/t18-/m0/s1. The number of rotatable bonds is 3. The maximum Gasteiger partial charge on any atom is 0.242 e. The quantitative estimate of drug-likeness (QED) is 0.802. The van der Waals surface area contributed by atoms with Crippen molar-refractivity contribution in [2.75, 3.05) is 0 Å². The van der Waals surface area contributed by atoms with Gasteiger partial charge in [0.2, 0.25) is 5.91 Å². The number of fused-ring (bicyclic) bond motifs is 2. The molecule has 0 spiro atoms. The van der Waals surface area contributed by atoms with Gasteiger partial charge in [0.05, 0.1) is 17.3 Å². The molecule has 1 aromatic heterocycles. The molecule has 1 aliphatic carbocycles. The summed E-state index contributed by atoms with van der Waals surface area (Å²) in [5.41, 5.74) is 4.59. The predicted octanol–water partition coefficient (Wildman–Crippen LogP) is 3.54. The van der Waals surface area contributed by atoms with Crippen molar-refractivity contribution >= 4 is 16.8 Å². The molecule has 2 aromatic carbocycles. The van der Waals surface area contributed by atoms with Crippen LogP contribution in [-0.2, 0) is 17.8 Å². The Hall–Kier alpha value is -2.62. The van der Waals surface area contributed by atoms with Gasteiger partial charge >= 0.3 is 0 Å². The molecule has 0 aliphatic heterocycles. The summed E-state index contributed by atoms with van der Waals surface area (Å²) >= 11 is 0. The van der Waals surface area contributed by atoms with E-state index in [2.05, 4.69) is 28.6 Å². The van der Waals surface area contributed by atoms with Crippen LogP contribution in [-0.4, -0.2) is 15.7 Å². The van der Waals surface area contributed by atoms with Gasteiger partial charge in [0, 0.05) is 5.39 Å². The molecule has 1 atom stereocenters. The first-order chi connectivity index (χ1) is 11.7. The summed E-state index contributed by atoms with van der Waals surface area (Å²) in [6, 6.07) is 16.6. The van der Waals surface area contributed by atoms with Crippen LogP contribution in [0.5, 0.6) is 0 Å². The second kappa shape index (κ2) is 6.11. The normalized spacial score (nSPS) is 16.8. The van der Waals surface area contributed by atoms with Gasteiger partial charge in [-0.2, -0.15) is 5.10 Å². The van der Waals surface area contributed by atoms with Crippen molar-refractivity contribution in [1.82, 2.24) is 15.1 Å². The molecule has 1 aliphatic rings. The van der Waals surface area contributed by atoms with Crippen LogP contribution in [0.4, 0.5) is 0 Å². The number of nitrogens with one attached hydrogen (secondary N) is 1. The van der Waals surface area contributed by atoms with Gasteiger partial charge in [0.1, 0.15) is 6.54 Å². The smallest absolute Gasteiger partial charge is 0.242 e. The van der Waals surface area contributed by atoms with Gasteiger partial charge in [-0.1, -0.05) is 42.5 Å². The van der Waals surface area contributed by atoms with Gasteiger partial charge in [-0.25, -0.2) is 0 Å². The Kier molecular flexibility index (Phi) is 3.81. The van der Waals surface area contributed by atoms with Gasteiger partial charge in [0.15, 0.2) is 0 Å². The molecule has 0 radical (unpaired) electrons. The molecule has 0 unspecified atom stereocenters. The van der Waals surface area contributed by atoms with E-state index in [1.54, 1.807) is 4.68 Å². The van der Waals surface area contributed by atoms with E-state index < -0.39 is 0 Å². The zero-order valence-corrected chi connectivity index (χ0v) is 13.8. The molecule has 4 rings (SSSR count). The highest BCUT2D eigenvalue weighted by Gasteiger charge is 2.21.